The van der Waals surface area contributed by atoms with Crippen molar-refractivity contribution < 1.29 is 13.2 Å². The molecule has 110 valence electrons. The molecule has 0 spiro atoms. The van der Waals surface area contributed by atoms with Crippen LogP contribution in [-0.4, -0.2) is 4.98 Å². The normalized spacial score (nSPS) is 18.4. The molecule has 0 bridgehead atoms. The van der Waals surface area contributed by atoms with Gasteiger partial charge in [-0.15, -0.1) is 0 Å². The molecule has 1 heterocycles. The molecule has 1 aromatic heterocycles. The minimum atomic E-state index is -4.35. The van der Waals surface area contributed by atoms with Crippen LogP contribution in [0.3, 0.4) is 0 Å². The molecule has 1 unspecified atom stereocenters. The van der Waals surface area contributed by atoms with Crippen LogP contribution in [0, 0.1) is 0 Å². The maximum Gasteiger partial charge on any atom is 0.416 e. The van der Waals surface area contributed by atoms with Crippen molar-refractivity contribution in [1.29, 1.82) is 0 Å². The molecule has 0 saturated heterocycles. The Balaban J connectivity index is 2.03. The van der Waals surface area contributed by atoms with Crippen molar-refractivity contribution in [2.75, 3.05) is 0 Å². The summed E-state index contributed by atoms with van der Waals surface area (Å²) in [5.41, 5.74) is 8.31. The van der Waals surface area contributed by atoms with Crippen molar-refractivity contribution in [3.8, 4) is 11.3 Å². The zero-order valence-electron chi connectivity index (χ0n) is 11.3. The van der Waals surface area contributed by atoms with Gasteiger partial charge in [-0.25, -0.2) is 0 Å². The first-order chi connectivity index (χ1) is 9.95. The van der Waals surface area contributed by atoms with Crippen LogP contribution in [0.25, 0.3) is 11.3 Å². The standard InChI is InChI=1S/C16H15F3N2/c17-16(18,19)12-5-1-4-11(9-12)14-8-7-10-3-2-6-13(20)15(10)21-14/h1,4-5,7-9,13H,2-3,6,20H2. The van der Waals surface area contributed by atoms with Crippen LogP contribution in [0.5, 0.6) is 0 Å². The molecule has 3 rings (SSSR count). The number of rotatable bonds is 1. The summed E-state index contributed by atoms with van der Waals surface area (Å²) < 4.78 is 38.3. The average Bonchev–Trinajstić information content (AvgIpc) is 2.47. The fourth-order valence-electron chi connectivity index (χ4n) is 2.70. The van der Waals surface area contributed by atoms with Crippen LogP contribution in [-0.2, 0) is 12.6 Å². The molecule has 0 amide bonds. The first kappa shape index (κ1) is 14.1. The minimum Gasteiger partial charge on any atom is -0.323 e. The Kier molecular flexibility index (Phi) is 3.45. The Morgan fingerprint density at radius 3 is 2.71 bits per heavy atom. The average molecular weight is 292 g/mol. The van der Waals surface area contributed by atoms with E-state index in [9.17, 15) is 13.2 Å². The lowest BCUT2D eigenvalue weighted by molar-refractivity contribution is -0.137. The molecule has 2 nitrogen and oxygen atoms in total. The third kappa shape index (κ3) is 2.78. The quantitative estimate of drug-likeness (QED) is 0.859. The van der Waals surface area contributed by atoms with Gasteiger partial charge in [-0.05, 0) is 43.0 Å². The first-order valence-corrected chi connectivity index (χ1v) is 6.88. The van der Waals surface area contributed by atoms with Crippen LogP contribution in [0.15, 0.2) is 36.4 Å². The van der Waals surface area contributed by atoms with Gasteiger partial charge in [0.2, 0.25) is 0 Å². The molecule has 2 N–H and O–H groups in total. The van der Waals surface area contributed by atoms with Crippen molar-refractivity contribution in [3.63, 3.8) is 0 Å². The van der Waals surface area contributed by atoms with Gasteiger partial charge in [-0.2, -0.15) is 13.2 Å². The highest BCUT2D eigenvalue weighted by atomic mass is 19.4. The van der Waals surface area contributed by atoms with Gasteiger partial charge in [0.15, 0.2) is 0 Å². The Morgan fingerprint density at radius 2 is 1.95 bits per heavy atom. The highest BCUT2D eigenvalue weighted by molar-refractivity contribution is 5.61. The van der Waals surface area contributed by atoms with Gasteiger partial charge in [-0.1, -0.05) is 18.2 Å². The Labute approximate surface area is 120 Å². The number of aromatic nitrogens is 1. The zero-order valence-corrected chi connectivity index (χ0v) is 11.3. The van der Waals surface area contributed by atoms with Crippen LogP contribution in [0.4, 0.5) is 13.2 Å². The molecule has 1 aliphatic rings. The van der Waals surface area contributed by atoms with Crippen molar-refractivity contribution >= 4 is 0 Å². The Morgan fingerprint density at radius 1 is 1.14 bits per heavy atom. The van der Waals surface area contributed by atoms with Crippen molar-refractivity contribution in [1.82, 2.24) is 4.98 Å². The fourth-order valence-corrected chi connectivity index (χ4v) is 2.70. The molecular formula is C16H15F3N2. The molecule has 0 aliphatic heterocycles. The van der Waals surface area contributed by atoms with E-state index < -0.39 is 11.7 Å². The fraction of sp³-hybridized carbons (Fsp3) is 0.312. The second kappa shape index (κ2) is 5.15. The van der Waals surface area contributed by atoms with Gasteiger partial charge in [0.1, 0.15) is 0 Å². The highest BCUT2D eigenvalue weighted by Gasteiger charge is 2.30. The van der Waals surface area contributed by atoms with Gasteiger partial charge in [-0.3, -0.25) is 4.98 Å². The van der Waals surface area contributed by atoms with E-state index in [4.69, 9.17) is 5.73 Å². The third-order valence-corrected chi connectivity index (χ3v) is 3.81. The van der Waals surface area contributed by atoms with Gasteiger partial charge in [0.25, 0.3) is 0 Å². The predicted octanol–water partition coefficient (Wildman–Crippen LogP) is 4.10. The van der Waals surface area contributed by atoms with Gasteiger partial charge in [0, 0.05) is 11.6 Å². The summed E-state index contributed by atoms with van der Waals surface area (Å²) in [7, 11) is 0. The van der Waals surface area contributed by atoms with Crippen LogP contribution < -0.4 is 5.73 Å². The number of nitrogens with two attached hydrogens (primary N) is 1. The zero-order chi connectivity index (χ0) is 15.0. The number of hydrogen-bond acceptors (Lipinski definition) is 2. The Bertz CT molecular complexity index is 665. The number of nitrogens with zero attached hydrogens (tertiary/aromatic N) is 1. The van der Waals surface area contributed by atoms with Gasteiger partial charge in [0.05, 0.1) is 17.0 Å². The van der Waals surface area contributed by atoms with E-state index in [1.807, 2.05) is 6.07 Å². The summed E-state index contributed by atoms with van der Waals surface area (Å²) in [6.07, 6.45) is -1.52. The summed E-state index contributed by atoms with van der Waals surface area (Å²) in [6, 6.07) is 8.80. The van der Waals surface area contributed by atoms with Crippen LogP contribution in [0.1, 0.15) is 35.7 Å². The molecular weight excluding hydrogens is 277 g/mol. The van der Waals surface area contributed by atoms with Crippen molar-refractivity contribution in [2.45, 2.75) is 31.5 Å². The number of benzene rings is 1. The van der Waals surface area contributed by atoms with Crippen LogP contribution in [0.2, 0.25) is 0 Å². The maximum absolute atomic E-state index is 12.8. The van der Waals surface area contributed by atoms with E-state index in [1.54, 1.807) is 12.1 Å². The second-order valence-electron chi connectivity index (χ2n) is 5.32. The lowest BCUT2D eigenvalue weighted by atomic mass is 9.91. The summed E-state index contributed by atoms with van der Waals surface area (Å²) in [5.74, 6) is 0. The van der Waals surface area contributed by atoms with Crippen LogP contribution >= 0.6 is 0 Å². The van der Waals surface area contributed by atoms with Crippen molar-refractivity contribution in [2.24, 2.45) is 5.73 Å². The molecule has 5 heteroatoms. The van der Waals surface area contributed by atoms with E-state index in [0.29, 0.717) is 11.3 Å². The monoisotopic (exact) mass is 292 g/mol. The summed E-state index contributed by atoms with van der Waals surface area (Å²) in [5, 5.41) is 0. The number of alkyl halides is 3. The maximum atomic E-state index is 12.8. The topological polar surface area (TPSA) is 38.9 Å². The van der Waals surface area contributed by atoms with Gasteiger partial charge >= 0.3 is 6.18 Å². The molecule has 1 atom stereocenters. The number of pyridine rings is 1. The molecule has 1 aromatic carbocycles. The molecule has 0 saturated carbocycles. The molecule has 0 radical (unpaired) electrons. The Hall–Kier alpha value is -1.88. The highest BCUT2D eigenvalue weighted by Crippen LogP contribution is 2.33. The number of fused-ring (bicyclic) bond motifs is 1. The minimum absolute atomic E-state index is 0.125. The van der Waals surface area contributed by atoms with E-state index in [1.165, 1.54) is 6.07 Å². The molecule has 1 aliphatic carbocycles. The number of aryl methyl sites for hydroxylation is 1. The third-order valence-electron chi connectivity index (χ3n) is 3.81. The molecule has 2 aromatic rings. The SMILES string of the molecule is NC1CCCc2ccc(-c3cccc(C(F)(F)F)c3)nc21. The van der Waals surface area contributed by atoms with E-state index in [-0.39, 0.29) is 6.04 Å². The number of halogens is 3. The smallest absolute Gasteiger partial charge is 0.323 e. The van der Waals surface area contributed by atoms with Crippen molar-refractivity contribution in [3.05, 3.63) is 53.2 Å². The van der Waals surface area contributed by atoms with E-state index >= 15 is 0 Å². The summed E-state index contributed by atoms with van der Waals surface area (Å²) in [4.78, 5) is 4.50. The lowest BCUT2D eigenvalue weighted by Crippen LogP contribution is -2.19. The predicted molar refractivity (Wildman–Crippen MR) is 74.5 cm³/mol. The van der Waals surface area contributed by atoms with Gasteiger partial charge < -0.3 is 5.73 Å². The second-order valence-corrected chi connectivity index (χ2v) is 5.32. The first-order valence-electron chi connectivity index (χ1n) is 6.88. The summed E-state index contributed by atoms with van der Waals surface area (Å²) in [6.45, 7) is 0. The summed E-state index contributed by atoms with van der Waals surface area (Å²) >= 11 is 0. The van der Waals surface area contributed by atoms with E-state index in [0.717, 1.165) is 42.7 Å². The largest absolute Gasteiger partial charge is 0.416 e. The number of hydrogen-bond donors (Lipinski definition) is 1. The molecule has 21 heavy (non-hydrogen) atoms. The van der Waals surface area contributed by atoms with E-state index in [2.05, 4.69) is 4.98 Å². The molecule has 0 fully saturated rings. The lowest BCUT2D eigenvalue weighted by Gasteiger charge is -2.21.